The maximum absolute atomic E-state index is 7.75. The van der Waals surface area contributed by atoms with Crippen LogP contribution in [0, 0.1) is 11.8 Å². The molecule has 0 fully saturated rings. The fourth-order valence-electron chi connectivity index (χ4n) is 2.20. The van der Waals surface area contributed by atoms with E-state index in [1.54, 1.807) is 0 Å². The number of rotatable bonds is 4. The van der Waals surface area contributed by atoms with Crippen molar-refractivity contribution in [3.05, 3.63) is 82.6 Å². The summed E-state index contributed by atoms with van der Waals surface area (Å²) in [5.74, 6) is 0.491. The van der Waals surface area contributed by atoms with Crippen LogP contribution in [0.25, 0.3) is 11.5 Å². The van der Waals surface area contributed by atoms with Crippen LogP contribution in [0.2, 0.25) is 0 Å². The summed E-state index contributed by atoms with van der Waals surface area (Å²) in [6, 6.07) is 0. The Bertz CT molecular complexity index is 498. The normalized spacial score (nSPS) is 17.2. The molecule has 0 amide bonds. The van der Waals surface area contributed by atoms with Crippen molar-refractivity contribution < 1.29 is 20.8 Å². The van der Waals surface area contributed by atoms with Crippen LogP contribution in [0.1, 0.15) is 40.5 Å². The van der Waals surface area contributed by atoms with Gasteiger partial charge in [0.25, 0.3) is 0 Å². The molecule has 0 heterocycles. The molecule has 2 aliphatic rings. The Labute approximate surface area is 172 Å². The average molecular weight is 459 g/mol. The first-order valence-corrected chi connectivity index (χ1v) is 14.7. The van der Waals surface area contributed by atoms with Gasteiger partial charge >= 0.3 is 37.9 Å². The van der Waals surface area contributed by atoms with E-state index in [1.807, 2.05) is 38.2 Å². The zero-order valence-electron chi connectivity index (χ0n) is 15.4. The molecule has 0 aromatic carbocycles. The molecule has 0 unspecified atom stereocenters. The number of allylic oxidation sites excluding steroid dienone is 8. The predicted molar refractivity (Wildman–Crippen MR) is 110 cm³/mol. The number of hydrogen-bond acceptors (Lipinski definition) is 0. The third-order valence-electron chi connectivity index (χ3n) is 4.14. The van der Waals surface area contributed by atoms with Crippen molar-refractivity contribution in [3.8, 4) is 0 Å². The van der Waals surface area contributed by atoms with Crippen molar-refractivity contribution in [2.24, 2.45) is 11.8 Å². The summed E-state index contributed by atoms with van der Waals surface area (Å²) < 4.78 is 0. The Kier molecular flexibility index (Phi) is 14.4. The van der Waals surface area contributed by atoms with Crippen molar-refractivity contribution in [2.75, 3.05) is 0 Å². The second-order valence-electron chi connectivity index (χ2n) is 5.76. The summed E-state index contributed by atoms with van der Waals surface area (Å²) in [5.41, 5.74) is 19.4. The van der Waals surface area contributed by atoms with Crippen LogP contribution >= 0.6 is 17.0 Å². The zero-order chi connectivity index (χ0) is 19.2. The van der Waals surface area contributed by atoms with E-state index in [1.165, 1.54) is 11.1 Å². The monoisotopic (exact) mass is 456 g/mol. The molecule has 0 aromatic heterocycles. The summed E-state index contributed by atoms with van der Waals surface area (Å²) in [5, 5.41) is 0. The molecule has 0 saturated carbocycles. The van der Waals surface area contributed by atoms with E-state index in [-0.39, 0.29) is 11.8 Å². The molecule has 2 nitrogen and oxygen atoms in total. The zero-order valence-corrected chi connectivity index (χ0v) is 19.4. The molecule has 0 aliphatic heterocycles. The van der Waals surface area contributed by atoms with Crippen LogP contribution in [-0.4, -0.2) is 0 Å². The van der Waals surface area contributed by atoms with Crippen molar-refractivity contribution in [2.45, 2.75) is 40.5 Å². The maximum atomic E-state index is 7.75. The van der Waals surface area contributed by atoms with E-state index in [0.717, 1.165) is 24.2 Å². The van der Waals surface area contributed by atoms with Crippen molar-refractivity contribution in [1.29, 1.82) is 0 Å². The molecule has 0 saturated heterocycles. The van der Waals surface area contributed by atoms with Gasteiger partial charge in [0, 0.05) is 0 Å². The summed E-state index contributed by atoms with van der Waals surface area (Å²) in [6.45, 7) is 8.24. The van der Waals surface area contributed by atoms with Crippen LogP contribution in [-0.2, 0) is 20.8 Å². The van der Waals surface area contributed by atoms with E-state index >= 15 is 0 Å². The molecule has 136 valence electrons. The van der Waals surface area contributed by atoms with Crippen LogP contribution < -0.4 is 0 Å². The SMILES string of the molecule is CCC(C)=C([NH-])C1C=CC=C1.CCC(C)=C([NH-])C1C=CC=C1.[Cl][Zr+2][Cl]. The second kappa shape index (κ2) is 14.6. The van der Waals surface area contributed by atoms with Gasteiger partial charge in [0.2, 0.25) is 0 Å². The molecule has 0 atom stereocenters. The van der Waals surface area contributed by atoms with Gasteiger partial charge in [-0.25, -0.2) is 0 Å². The Morgan fingerprint density at radius 1 is 0.760 bits per heavy atom. The van der Waals surface area contributed by atoms with Crippen molar-refractivity contribution >= 4 is 17.0 Å². The first kappa shape index (κ1) is 24.5. The predicted octanol–water partition coefficient (Wildman–Crippen LogP) is 8.31. The van der Waals surface area contributed by atoms with Crippen LogP contribution in [0.3, 0.4) is 0 Å². The molecule has 0 bridgehead atoms. The van der Waals surface area contributed by atoms with E-state index in [2.05, 4.69) is 38.2 Å². The Hall–Kier alpha value is -0.497. The molecular formula is C20H28Cl2N2Zr. The molecule has 25 heavy (non-hydrogen) atoms. The molecule has 0 spiro atoms. The van der Waals surface area contributed by atoms with Gasteiger partial charge < -0.3 is 11.5 Å². The van der Waals surface area contributed by atoms with Gasteiger partial charge in [-0.15, -0.1) is 0 Å². The van der Waals surface area contributed by atoms with E-state index in [9.17, 15) is 0 Å². The van der Waals surface area contributed by atoms with Gasteiger partial charge in [0.1, 0.15) is 0 Å². The standard InChI is InChI=1S/2C10H14N.2ClH.Zr/c2*1-3-8(2)10(11)9-6-4-5-7-9;;;/h2*4-7,9,11H,3H2,1-2H3;2*1H;/q2*-1;;;+4/p-2. The van der Waals surface area contributed by atoms with Crippen molar-refractivity contribution in [1.82, 2.24) is 0 Å². The summed E-state index contributed by atoms with van der Waals surface area (Å²) in [7, 11) is 9.87. The number of hydrogen-bond donors (Lipinski definition) is 0. The van der Waals surface area contributed by atoms with E-state index < -0.39 is 20.8 Å². The quantitative estimate of drug-likeness (QED) is 0.407. The van der Waals surface area contributed by atoms with Gasteiger partial charge in [-0.1, -0.05) is 73.6 Å². The first-order valence-electron chi connectivity index (χ1n) is 8.41. The van der Waals surface area contributed by atoms with Crippen LogP contribution in [0.4, 0.5) is 0 Å². The first-order chi connectivity index (χ1) is 11.9. The molecule has 0 aromatic rings. The topological polar surface area (TPSA) is 47.6 Å². The summed E-state index contributed by atoms with van der Waals surface area (Å²) in [4.78, 5) is 0. The molecule has 0 radical (unpaired) electrons. The van der Waals surface area contributed by atoms with Crippen LogP contribution in [0.15, 0.2) is 71.1 Å². The fourth-order valence-corrected chi connectivity index (χ4v) is 2.20. The van der Waals surface area contributed by atoms with Crippen LogP contribution in [0.5, 0.6) is 0 Å². The van der Waals surface area contributed by atoms with Gasteiger partial charge in [-0.2, -0.15) is 11.4 Å². The third kappa shape index (κ3) is 9.68. The second-order valence-corrected chi connectivity index (χ2v) is 9.49. The molecule has 2 aliphatic carbocycles. The molecule has 5 heteroatoms. The fraction of sp³-hybridized carbons (Fsp3) is 0.400. The summed E-state index contributed by atoms with van der Waals surface area (Å²) >= 11 is -0.826. The summed E-state index contributed by atoms with van der Waals surface area (Å²) in [6.07, 6.45) is 18.2. The number of halogens is 2. The van der Waals surface area contributed by atoms with Gasteiger partial charge in [0.05, 0.1) is 0 Å². The molecule has 2 rings (SSSR count). The Balaban J connectivity index is 0.000000399. The van der Waals surface area contributed by atoms with Gasteiger partial charge in [0.15, 0.2) is 0 Å². The van der Waals surface area contributed by atoms with E-state index in [4.69, 9.17) is 28.5 Å². The number of nitrogens with one attached hydrogen (secondary N) is 2. The Morgan fingerprint density at radius 3 is 1.20 bits per heavy atom. The van der Waals surface area contributed by atoms with Gasteiger partial charge in [-0.3, -0.25) is 0 Å². The molecular weight excluding hydrogens is 430 g/mol. The minimum absolute atomic E-state index is 0.245. The Morgan fingerprint density at radius 2 is 1.00 bits per heavy atom. The third-order valence-corrected chi connectivity index (χ3v) is 4.14. The van der Waals surface area contributed by atoms with Crippen molar-refractivity contribution in [3.63, 3.8) is 0 Å². The average Bonchev–Trinajstić information content (AvgIpc) is 3.33. The minimum atomic E-state index is -0.826. The van der Waals surface area contributed by atoms with E-state index in [0.29, 0.717) is 0 Å². The van der Waals surface area contributed by atoms with Gasteiger partial charge in [-0.05, 0) is 38.5 Å². The molecule has 2 N–H and O–H groups in total.